The van der Waals surface area contributed by atoms with Gasteiger partial charge < -0.3 is 15.5 Å². The number of carbonyl (C=O) groups is 2. The normalized spacial score (nSPS) is 23.0. The fourth-order valence-corrected chi connectivity index (χ4v) is 3.72. The van der Waals surface area contributed by atoms with Gasteiger partial charge in [-0.05, 0) is 63.2 Å². The number of hydrogen-bond acceptors (Lipinski definition) is 3. The molecule has 1 aromatic carbocycles. The third-order valence-electron chi connectivity index (χ3n) is 5.09. The van der Waals surface area contributed by atoms with E-state index in [2.05, 4.69) is 10.6 Å². The lowest BCUT2D eigenvalue weighted by Crippen LogP contribution is -2.46. The highest BCUT2D eigenvalue weighted by Crippen LogP contribution is 2.20. The molecule has 2 aliphatic rings. The summed E-state index contributed by atoms with van der Waals surface area (Å²) in [5, 5.41) is 6.45. The molecule has 2 N–H and O–H groups in total. The van der Waals surface area contributed by atoms with E-state index in [0.717, 1.165) is 32.4 Å². The lowest BCUT2D eigenvalue weighted by Gasteiger charge is -2.25. The second-order valence-electron chi connectivity index (χ2n) is 6.81. The molecule has 2 aliphatic heterocycles. The van der Waals surface area contributed by atoms with E-state index in [9.17, 15) is 9.59 Å². The first kappa shape index (κ1) is 19.7. The molecule has 0 spiro atoms. The van der Waals surface area contributed by atoms with Gasteiger partial charge in [0.15, 0.2) is 0 Å². The van der Waals surface area contributed by atoms with Gasteiger partial charge in [0.2, 0.25) is 5.91 Å². The van der Waals surface area contributed by atoms with E-state index in [1.165, 1.54) is 12.8 Å². The van der Waals surface area contributed by atoms with Crippen LogP contribution in [0.15, 0.2) is 30.3 Å². The summed E-state index contributed by atoms with van der Waals surface area (Å²) in [5.74, 6) is 0.620. The van der Waals surface area contributed by atoms with Crippen molar-refractivity contribution in [2.45, 2.75) is 38.1 Å². The van der Waals surface area contributed by atoms with Gasteiger partial charge in [0.05, 0.1) is 0 Å². The fraction of sp³-hybridized carbons (Fsp3) is 0.579. The van der Waals surface area contributed by atoms with E-state index in [4.69, 9.17) is 0 Å². The molecule has 25 heavy (non-hydrogen) atoms. The quantitative estimate of drug-likeness (QED) is 0.841. The van der Waals surface area contributed by atoms with Crippen LogP contribution in [0, 0.1) is 5.92 Å². The van der Waals surface area contributed by atoms with Crippen molar-refractivity contribution in [3.05, 3.63) is 35.9 Å². The van der Waals surface area contributed by atoms with Gasteiger partial charge in [-0.1, -0.05) is 18.2 Å². The maximum Gasteiger partial charge on any atom is 0.254 e. The van der Waals surface area contributed by atoms with E-state index in [1.807, 2.05) is 30.3 Å². The summed E-state index contributed by atoms with van der Waals surface area (Å²) in [6.45, 7) is 3.53. The minimum Gasteiger partial charge on any atom is -0.354 e. The molecule has 6 heteroatoms. The Hall–Kier alpha value is -1.59. The van der Waals surface area contributed by atoms with Gasteiger partial charge in [0, 0.05) is 18.7 Å². The summed E-state index contributed by atoms with van der Waals surface area (Å²) in [6, 6.07) is 8.91. The number of hydrogen-bond donors (Lipinski definition) is 2. The van der Waals surface area contributed by atoms with Crippen molar-refractivity contribution in [3.8, 4) is 0 Å². The SMILES string of the molecule is Cl.O=C(NCCC1CCCNC1)C1CCCN1C(=O)c1ccccc1. The molecule has 0 aliphatic carbocycles. The molecule has 5 nitrogen and oxygen atoms in total. The van der Waals surface area contributed by atoms with Gasteiger partial charge in [-0.2, -0.15) is 0 Å². The average Bonchev–Trinajstić information content (AvgIpc) is 3.12. The predicted molar refractivity (Wildman–Crippen MR) is 101 cm³/mol. The summed E-state index contributed by atoms with van der Waals surface area (Å²) in [6.07, 6.45) is 5.13. The van der Waals surface area contributed by atoms with E-state index < -0.39 is 0 Å². The summed E-state index contributed by atoms with van der Waals surface area (Å²) in [5.41, 5.74) is 0.658. The van der Waals surface area contributed by atoms with Crippen LogP contribution in [0.4, 0.5) is 0 Å². The monoisotopic (exact) mass is 365 g/mol. The van der Waals surface area contributed by atoms with Crippen LogP contribution in [0.2, 0.25) is 0 Å². The number of benzene rings is 1. The Kier molecular flexibility index (Phi) is 7.72. The highest BCUT2D eigenvalue weighted by atomic mass is 35.5. The molecule has 1 aromatic rings. The molecule has 2 unspecified atom stereocenters. The third-order valence-corrected chi connectivity index (χ3v) is 5.09. The minimum atomic E-state index is -0.317. The van der Waals surface area contributed by atoms with Crippen molar-refractivity contribution in [1.82, 2.24) is 15.5 Å². The zero-order valence-electron chi connectivity index (χ0n) is 14.6. The lowest BCUT2D eigenvalue weighted by atomic mass is 9.96. The van der Waals surface area contributed by atoms with Crippen molar-refractivity contribution < 1.29 is 9.59 Å². The van der Waals surface area contributed by atoms with Crippen molar-refractivity contribution in [3.63, 3.8) is 0 Å². The van der Waals surface area contributed by atoms with Gasteiger partial charge in [-0.3, -0.25) is 9.59 Å². The van der Waals surface area contributed by atoms with Crippen molar-refractivity contribution in [2.24, 2.45) is 5.92 Å². The minimum absolute atomic E-state index is 0. The molecule has 2 atom stereocenters. The molecule has 138 valence electrons. The standard InChI is InChI=1S/C19H27N3O2.ClH/c23-18(21-12-10-15-6-4-11-20-14-15)17-9-5-13-22(17)19(24)16-7-2-1-3-8-16;/h1-3,7-8,15,17,20H,4-6,9-14H2,(H,21,23);1H. The smallest absolute Gasteiger partial charge is 0.254 e. The van der Waals surface area contributed by atoms with Crippen LogP contribution in [-0.4, -0.2) is 48.9 Å². The van der Waals surface area contributed by atoms with Gasteiger partial charge in [0.25, 0.3) is 5.91 Å². The van der Waals surface area contributed by atoms with Crippen LogP contribution in [0.1, 0.15) is 42.5 Å². The zero-order chi connectivity index (χ0) is 16.8. The van der Waals surface area contributed by atoms with Crippen molar-refractivity contribution in [1.29, 1.82) is 0 Å². The van der Waals surface area contributed by atoms with Gasteiger partial charge in [-0.25, -0.2) is 0 Å². The lowest BCUT2D eigenvalue weighted by molar-refractivity contribution is -0.124. The largest absolute Gasteiger partial charge is 0.354 e. The predicted octanol–water partition coefficient (Wildman–Crippen LogP) is 2.22. The van der Waals surface area contributed by atoms with Crippen LogP contribution in [-0.2, 0) is 4.79 Å². The third kappa shape index (κ3) is 5.19. The topological polar surface area (TPSA) is 61.4 Å². The number of rotatable bonds is 5. The van der Waals surface area contributed by atoms with Crippen LogP contribution < -0.4 is 10.6 Å². The molecule has 0 bridgehead atoms. The number of likely N-dealkylation sites (tertiary alicyclic amines) is 1. The first-order valence-electron chi connectivity index (χ1n) is 9.10. The van der Waals surface area contributed by atoms with Crippen LogP contribution >= 0.6 is 12.4 Å². The van der Waals surface area contributed by atoms with Crippen LogP contribution in [0.25, 0.3) is 0 Å². The second kappa shape index (κ2) is 9.78. The Labute approximate surface area is 155 Å². The molecule has 2 heterocycles. The number of amides is 2. The van der Waals surface area contributed by atoms with Crippen LogP contribution in [0.5, 0.6) is 0 Å². The van der Waals surface area contributed by atoms with Crippen LogP contribution in [0.3, 0.4) is 0 Å². The maximum absolute atomic E-state index is 12.6. The highest BCUT2D eigenvalue weighted by Gasteiger charge is 2.34. The molecule has 0 saturated carbocycles. The Morgan fingerprint density at radius 2 is 1.96 bits per heavy atom. The Bertz CT molecular complexity index is 561. The maximum atomic E-state index is 12.6. The first-order chi connectivity index (χ1) is 11.8. The fourth-order valence-electron chi connectivity index (χ4n) is 3.72. The van der Waals surface area contributed by atoms with Crippen molar-refractivity contribution in [2.75, 3.05) is 26.2 Å². The molecule has 0 radical (unpaired) electrons. The Morgan fingerprint density at radius 1 is 1.16 bits per heavy atom. The number of carbonyl (C=O) groups excluding carboxylic acids is 2. The number of nitrogens with one attached hydrogen (secondary N) is 2. The summed E-state index contributed by atoms with van der Waals surface area (Å²) < 4.78 is 0. The molecular formula is C19H28ClN3O2. The van der Waals surface area contributed by atoms with E-state index in [1.54, 1.807) is 4.90 Å². The van der Waals surface area contributed by atoms with E-state index in [0.29, 0.717) is 24.6 Å². The van der Waals surface area contributed by atoms with Gasteiger partial charge in [-0.15, -0.1) is 12.4 Å². The Morgan fingerprint density at radius 3 is 2.68 bits per heavy atom. The average molecular weight is 366 g/mol. The van der Waals surface area contributed by atoms with E-state index in [-0.39, 0.29) is 30.3 Å². The van der Waals surface area contributed by atoms with Crippen molar-refractivity contribution >= 4 is 24.2 Å². The zero-order valence-corrected chi connectivity index (χ0v) is 15.4. The van der Waals surface area contributed by atoms with E-state index >= 15 is 0 Å². The van der Waals surface area contributed by atoms with Gasteiger partial charge >= 0.3 is 0 Å². The number of nitrogens with zero attached hydrogens (tertiary/aromatic N) is 1. The molecule has 2 amide bonds. The highest BCUT2D eigenvalue weighted by molar-refractivity contribution is 5.97. The number of piperidine rings is 1. The number of halogens is 1. The Balaban J connectivity index is 0.00000225. The summed E-state index contributed by atoms with van der Waals surface area (Å²) in [4.78, 5) is 26.9. The molecule has 0 aromatic heterocycles. The summed E-state index contributed by atoms with van der Waals surface area (Å²) in [7, 11) is 0. The first-order valence-corrected chi connectivity index (χ1v) is 9.10. The van der Waals surface area contributed by atoms with Gasteiger partial charge in [0.1, 0.15) is 6.04 Å². The molecular weight excluding hydrogens is 338 g/mol. The molecule has 2 saturated heterocycles. The second-order valence-corrected chi connectivity index (χ2v) is 6.81. The molecule has 2 fully saturated rings. The summed E-state index contributed by atoms with van der Waals surface area (Å²) >= 11 is 0. The molecule has 3 rings (SSSR count).